The Balaban J connectivity index is 1.37. The maximum absolute atomic E-state index is 13.0. The van der Waals surface area contributed by atoms with E-state index in [0.29, 0.717) is 6.42 Å². The molecule has 29 heavy (non-hydrogen) atoms. The second-order valence-corrected chi connectivity index (χ2v) is 8.41. The Morgan fingerprint density at radius 1 is 0.966 bits per heavy atom. The molecule has 0 spiro atoms. The van der Waals surface area contributed by atoms with Crippen molar-refractivity contribution in [3.05, 3.63) is 59.7 Å². The molecule has 3 atom stereocenters. The van der Waals surface area contributed by atoms with Crippen LogP contribution in [0, 0.1) is 5.92 Å². The fourth-order valence-corrected chi connectivity index (χ4v) is 5.61. The molecular weight excluding hydrogens is 366 g/mol. The summed E-state index contributed by atoms with van der Waals surface area (Å²) < 4.78 is 5.78. The molecule has 1 saturated carbocycles. The first-order chi connectivity index (χ1) is 14.1. The minimum atomic E-state index is -0.923. The molecule has 0 aromatic heterocycles. The van der Waals surface area contributed by atoms with E-state index in [1.807, 2.05) is 24.3 Å². The monoisotopic (exact) mass is 391 g/mol. The summed E-state index contributed by atoms with van der Waals surface area (Å²) in [5.74, 6) is -0.655. The van der Waals surface area contributed by atoms with Gasteiger partial charge < -0.3 is 9.84 Å². The van der Waals surface area contributed by atoms with Gasteiger partial charge in [-0.2, -0.15) is 0 Å². The molecule has 0 radical (unpaired) electrons. The number of hydrogen-bond donors (Lipinski definition) is 1. The van der Waals surface area contributed by atoms with Crippen LogP contribution in [0.15, 0.2) is 48.5 Å². The van der Waals surface area contributed by atoms with Gasteiger partial charge in [-0.1, -0.05) is 61.4 Å². The number of fused-ring (bicyclic) bond motifs is 4. The SMILES string of the molecule is O=C(O)[C@@H]1CC2CCCCC2N1C(=O)OCC1c2ccccc2-c2ccccc21. The molecule has 1 saturated heterocycles. The van der Waals surface area contributed by atoms with E-state index in [9.17, 15) is 14.7 Å². The number of rotatable bonds is 3. The number of amides is 1. The Hall–Kier alpha value is -2.82. The molecule has 0 bridgehead atoms. The lowest BCUT2D eigenvalue weighted by Gasteiger charge is -2.32. The molecule has 2 aliphatic carbocycles. The second kappa shape index (κ2) is 7.21. The molecule has 5 nitrogen and oxygen atoms in total. The lowest BCUT2D eigenvalue weighted by atomic mass is 9.85. The zero-order chi connectivity index (χ0) is 20.0. The number of carboxylic acids is 1. The van der Waals surface area contributed by atoms with Gasteiger partial charge in [0.2, 0.25) is 0 Å². The van der Waals surface area contributed by atoms with E-state index in [1.54, 1.807) is 0 Å². The Bertz CT molecular complexity index is 910. The molecule has 2 fully saturated rings. The fraction of sp³-hybridized carbons (Fsp3) is 0.417. The van der Waals surface area contributed by atoms with Crippen molar-refractivity contribution >= 4 is 12.1 Å². The van der Waals surface area contributed by atoms with E-state index in [2.05, 4.69) is 24.3 Å². The average Bonchev–Trinajstić information content (AvgIpc) is 3.29. The topological polar surface area (TPSA) is 66.8 Å². The average molecular weight is 391 g/mol. The van der Waals surface area contributed by atoms with Crippen LogP contribution in [0.25, 0.3) is 11.1 Å². The molecule has 1 N–H and O–H groups in total. The van der Waals surface area contributed by atoms with Crippen LogP contribution in [0.5, 0.6) is 0 Å². The molecule has 150 valence electrons. The van der Waals surface area contributed by atoms with Crippen molar-refractivity contribution in [3.8, 4) is 11.1 Å². The summed E-state index contributed by atoms with van der Waals surface area (Å²) in [4.78, 5) is 26.4. The Morgan fingerprint density at radius 3 is 2.24 bits per heavy atom. The van der Waals surface area contributed by atoms with Crippen LogP contribution >= 0.6 is 0 Å². The third kappa shape index (κ3) is 3.00. The number of aliphatic carboxylic acids is 1. The van der Waals surface area contributed by atoms with Crippen molar-refractivity contribution in [2.75, 3.05) is 6.61 Å². The first-order valence-corrected chi connectivity index (χ1v) is 10.5. The first-order valence-electron chi connectivity index (χ1n) is 10.5. The summed E-state index contributed by atoms with van der Waals surface area (Å²) in [6.07, 6.45) is 4.10. The van der Waals surface area contributed by atoms with Crippen molar-refractivity contribution in [3.63, 3.8) is 0 Å². The van der Waals surface area contributed by atoms with E-state index >= 15 is 0 Å². The normalized spacial score (nSPS) is 25.2. The Morgan fingerprint density at radius 2 is 1.59 bits per heavy atom. The van der Waals surface area contributed by atoms with E-state index in [1.165, 1.54) is 16.0 Å². The van der Waals surface area contributed by atoms with Gasteiger partial charge in [0.15, 0.2) is 0 Å². The van der Waals surface area contributed by atoms with Gasteiger partial charge in [-0.3, -0.25) is 4.90 Å². The lowest BCUT2D eigenvalue weighted by Crippen LogP contribution is -2.46. The standard InChI is InChI=1S/C24H25NO4/c26-23(27)22-13-15-7-1-6-12-21(15)25(22)24(28)29-14-20-18-10-4-2-8-16(18)17-9-3-5-11-19(17)20/h2-5,8-11,15,20-22H,1,6-7,12-14H2,(H,26,27)/t15?,21?,22-/m0/s1. The van der Waals surface area contributed by atoms with Gasteiger partial charge in [-0.05, 0) is 47.4 Å². The highest BCUT2D eigenvalue weighted by atomic mass is 16.6. The second-order valence-electron chi connectivity index (χ2n) is 8.41. The summed E-state index contributed by atoms with van der Waals surface area (Å²) in [6.45, 7) is 0.229. The molecule has 2 unspecified atom stereocenters. The molecule has 5 rings (SSSR count). The number of likely N-dealkylation sites (tertiary alicyclic amines) is 1. The fourth-order valence-electron chi connectivity index (χ4n) is 5.61. The van der Waals surface area contributed by atoms with Crippen molar-refractivity contribution in [1.29, 1.82) is 0 Å². The van der Waals surface area contributed by atoms with Crippen LogP contribution in [0.2, 0.25) is 0 Å². The number of ether oxygens (including phenoxy) is 1. The molecule has 2 aromatic rings. The largest absolute Gasteiger partial charge is 0.480 e. The van der Waals surface area contributed by atoms with Crippen LogP contribution in [0.4, 0.5) is 4.79 Å². The quantitative estimate of drug-likeness (QED) is 0.827. The number of carboxylic acid groups (broad SMARTS) is 1. The number of hydrogen-bond acceptors (Lipinski definition) is 3. The van der Waals surface area contributed by atoms with Crippen LogP contribution < -0.4 is 0 Å². The molecule has 2 aromatic carbocycles. The lowest BCUT2D eigenvalue weighted by molar-refractivity contribution is -0.142. The van der Waals surface area contributed by atoms with Gasteiger partial charge in [0.05, 0.1) is 0 Å². The Labute approximate surface area is 170 Å². The summed E-state index contributed by atoms with van der Waals surface area (Å²) in [5, 5.41) is 9.67. The number of carbonyl (C=O) groups excluding carboxylic acids is 1. The zero-order valence-electron chi connectivity index (χ0n) is 16.3. The molecule has 1 aliphatic heterocycles. The van der Waals surface area contributed by atoms with Crippen molar-refractivity contribution in [2.45, 2.75) is 50.1 Å². The highest BCUT2D eigenvalue weighted by Crippen LogP contribution is 2.45. The van der Waals surface area contributed by atoms with E-state index < -0.39 is 18.1 Å². The minimum Gasteiger partial charge on any atom is -0.480 e. The third-order valence-electron chi connectivity index (χ3n) is 6.92. The summed E-state index contributed by atoms with van der Waals surface area (Å²) in [6, 6.07) is 15.7. The van der Waals surface area contributed by atoms with Gasteiger partial charge in [0.1, 0.15) is 12.6 Å². The zero-order valence-corrected chi connectivity index (χ0v) is 16.3. The molecule has 3 aliphatic rings. The predicted molar refractivity (Wildman–Crippen MR) is 109 cm³/mol. The molecule has 1 heterocycles. The van der Waals surface area contributed by atoms with Gasteiger partial charge in [-0.15, -0.1) is 0 Å². The minimum absolute atomic E-state index is 0.000463. The number of benzene rings is 2. The molecular formula is C24H25NO4. The maximum Gasteiger partial charge on any atom is 0.410 e. The third-order valence-corrected chi connectivity index (χ3v) is 6.92. The number of nitrogens with zero attached hydrogens (tertiary/aromatic N) is 1. The van der Waals surface area contributed by atoms with Gasteiger partial charge >= 0.3 is 12.1 Å². The van der Waals surface area contributed by atoms with Crippen molar-refractivity contribution in [2.24, 2.45) is 5.92 Å². The Kier molecular flexibility index (Phi) is 4.53. The highest BCUT2D eigenvalue weighted by molar-refractivity contribution is 5.82. The summed E-state index contributed by atoms with van der Waals surface area (Å²) >= 11 is 0. The van der Waals surface area contributed by atoms with Crippen LogP contribution in [0.1, 0.15) is 49.1 Å². The first kappa shape index (κ1) is 18.2. The summed E-state index contributed by atoms with van der Waals surface area (Å²) in [7, 11) is 0. The van der Waals surface area contributed by atoms with Crippen molar-refractivity contribution < 1.29 is 19.4 Å². The predicted octanol–water partition coefficient (Wildman–Crippen LogP) is 4.65. The van der Waals surface area contributed by atoms with Crippen LogP contribution in [-0.2, 0) is 9.53 Å². The molecule has 1 amide bonds. The van der Waals surface area contributed by atoms with E-state index in [-0.39, 0.29) is 24.5 Å². The smallest absolute Gasteiger partial charge is 0.410 e. The highest BCUT2D eigenvalue weighted by Gasteiger charge is 2.48. The number of carbonyl (C=O) groups is 2. The van der Waals surface area contributed by atoms with Gasteiger partial charge in [-0.25, -0.2) is 9.59 Å². The summed E-state index contributed by atoms with van der Waals surface area (Å²) in [5.41, 5.74) is 4.68. The maximum atomic E-state index is 13.0. The van der Waals surface area contributed by atoms with Crippen LogP contribution in [-0.4, -0.2) is 40.8 Å². The van der Waals surface area contributed by atoms with E-state index in [4.69, 9.17) is 4.74 Å². The van der Waals surface area contributed by atoms with Gasteiger partial charge in [0.25, 0.3) is 0 Å². The van der Waals surface area contributed by atoms with Crippen LogP contribution in [0.3, 0.4) is 0 Å². The van der Waals surface area contributed by atoms with E-state index in [0.717, 1.165) is 36.8 Å². The van der Waals surface area contributed by atoms with Gasteiger partial charge in [0, 0.05) is 12.0 Å². The van der Waals surface area contributed by atoms with Crippen molar-refractivity contribution in [1.82, 2.24) is 4.90 Å². The molecule has 5 heteroatoms.